The fourth-order valence-corrected chi connectivity index (χ4v) is 3.93. The number of rotatable bonds is 5. The molecule has 1 aliphatic carbocycles. The molecule has 1 aliphatic heterocycles. The molecule has 1 saturated heterocycles. The van der Waals surface area contributed by atoms with Gasteiger partial charge in [-0.2, -0.15) is 5.26 Å². The van der Waals surface area contributed by atoms with Crippen LogP contribution in [0.25, 0.3) is 0 Å². The van der Waals surface area contributed by atoms with Crippen molar-refractivity contribution in [3.8, 4) is 6.07 Å². The molecular formula is C23H25NO4. The first kappa shape index (κ1) is 19.1. The number of nitriles is 1. The SMILES string of the molecule is N#Cc1ccc(C2CC(O)[C@H](O)C(CO)O2)cc1Cc1ccc(C2CC2)cc1. The van der Waals surface area contributed by atoms with Gasteiger partial charge in [-0.15, -0.1) is 0 Å². The third kappa shape index (κ3) is 3.96. The van der Waals surface area contributed by atoms with Crippen LogP contribution >= 0.6 is 0 Å². The Bertz CT molecular complexity index is 869. The zero-order valence-electron chi connectivity index (χ0n) is 15.7. The largest absolute Gasteiger partial charge is 0.394 e. The van der Waals surface area contributed by atoms with Gasteiger partial charge in [0.2, 0.25) is 0 Å². The van der Waals surface area contributed by atoms with E-state index < -0.39 is 24.4 Å². The first-order chi connectivity index (χ1) is 13.6. The molecule has 0 bridgehead atoms. The molecule has 3 unspecified atom stereocenters. The summed E-state index contributed by atoms with van der Waals surface area (Å²) in [6.07, 6.45) is 0.145. The first-order valence-electron chi connectivity index (χ1n) is 9.83. The minimum Gasteiger partial charge on any atom is -0.394 e. The van der Waals surface area contributed by atoms with Gasteiger partial charge in [0.05, 0.1) is 30.4 Å². The van der Waals surface area contributed by atoms with Crippen LogP contribution in [0.4, 0.5) is 0 Å². The number of aliphatic hydroxyl groups is 3. The highest BCUT2D eigenvalue weighted by Gasteiger charge is 2.37. The van der Waals surface area contributed by atoms with Gasteiger partial charge in [-0.05, 0) is 53.5 Å². The van der Waals surface area contributed by atoms with Crippen molar-refractivity contribution in [1.82, 2.24) is 0 Å². The third-order valence-electron chi connectivity index (χ3n) is 5.79. The molecule has 0 spiro atoms. The average molecular weight is 379 g/mol. The van der Waals surface area contributed by atoms with Gasteiger partial charge in [-0.25, -0.2) is 0 Å². The number of nitrogens with zero attached hydrogens (tertiary/aromatic N) is 1. The van der Waals surface area contributed by atoms with E-state index in [0.717, 1.165) is 22.6 Å². The van der Waals surface area contributed by atoms with Crippen LogP contribution in [0.2, 0.25) is 0 Å². The highest BCUT2D eigenvalue weighted by molar-refractivity contribution is 5.44. The summed E-state index contributed by atoms with van der Waals surface area (Å²) in [5.41, 5.74) is 4.89. The van der Waals surface area contributed by atoms with Gasteiger partial charge >= 0.3 is 0 Å². The number of ether oxygens (including phenoxy) is 1. The van der Waals surface area contributed by atoms with Crippen LogP contribution in [0.15, 0.2) is 42.5 Å². The topological polar surface area (TPSA) is 93.7 Å². The Morgan fingerprint density at radius 1 is 1.04 bits per heavy atom. The van der Waals surface area contributed by atoms with Crippen LogP contribution in [0.3, 0.4) is 0 Å². The normalized spacial score (nSPS) is 27.4. The minimum absolute atomic E-state index is 0.249. The van der Waals surface area contributed by atoms with Gasteiger partial charge in [0.25, 0.3) is 0 Å². The second kappa shape index (κ2) is 8.02. The lowest BCUT2D eigenvalue weighted by Crippen LogP contribution is -2.47. The molecule has 2 fully saturated rings. The van der Waals surface area contributed by atoms with Gasteiger partial charge < -0.3 is 20.1 Å². The molecule has 1 heterocycles. The maximum Gasteiger partial charge on any atom is 0.110 e. The Labute approximate surface area is 164 Å². The van der Waals surface area contributed by atoms with Gasteiger partial charge in [0, 0.05) is 6.42 Å². The number of hydrogen-bond donors (Lipinski definition) is 3. The second-order valence-electron chi connectivity index (χ2n) is 7.86. The molecule has 0 aromatic heterocycles. The monoisotopic (exact) mass is 379 g/mol. The molecule has 5 heteroatoms. The first-order valence-corrected chi connectivity index (χ1v) is 9.83. The fourth-order valence-electron chi connectivity index (χ4n) is 3.93. The smallest absolute Gasteiger partial charge is 0.110 e. The molecule has 146 valence electrons. The average Bonchev–Trinajstić information content (AvgIpc) is 3.56. The molecule has 2 aliphatic rings. The molecule has 4 rings (SSSR count). The van der Waals surface area contributed by atoms with Crippen molar-refractivity contribution in [2.75, 3.05) is 6.61 Å². The Hall–Kier alpha value is -2.23. The van der Waals surface area contributed by atoms with Crippen LogP contribution < -0.4 is 0 Å². The molecule has 3 N–H and O–H groups in total. The van der Waals surface area contributed by atoms with E-state index in [1.807, 2.05) is 12.1 Å². The van der Waals surface area contributed by atoms with E-state index in [1.165, 1.54) is 18.4 Å². The standard InChI is InChI=1S/C23H25NO4/c24-12-18-8-7-17(21-11-20(26)23(27)22(13-25)28-21)10-19(18)9-14-1-3-15(4-2-14)16-5-6-16/h1-4,7-8,10,16,20-23,25-27H,5-6,9,11,13H2/t20?,21?,22?,23-/m0/s1. The van der Waals surface area contributed by atoms with Crippen molar-refractivity contribution >= 4 is 0 Å². The van der Waals surface area contributed by atoms with Crippen LogP contribution in [-0.4, -0.2) is 40.2 Å². The lowest BCUT2D eigenvalue weighted by molar-refractivity contribution is -0.181. The number of hydrogen-bond acceptors (Lipinski definition) is 5. The highest BCUT2D eigenvalue weighted by Crippen LogP contribution is 2.40. The van der Waals surface area contributed by atoms with Gasteiger partial charge in [-0.1, -0.05) is 36.4 Å². The number of benzene rings is 2. The summed E-state index contributed by atoms with van der Waals surface area (Å²) in [5.74, 6) is 0.719. The Balaban J connectivity index is 1.56. The van der Waals surface area contributed by atoms with Crippen LogP contribution in [0.1, 0.15) is 59.1 Å². The van der Waals surface area contributed by atoms with Crippen molar-refractivity contribution < 1.29 is 20.1 Å². The Kier molecular flexibility index (Phi) is 5.47. The summed E-state index contributed by atoms with van der Waals surface area (Å²) in [6.45, 7) is -0.356. The van der Waals surface area contributed by atoms with Crippen molar-refractivity contribution in [1.29, 1.82) is 5.26 Å². The van der Waals surface area contributed by atoms with Gasteiger partial charge in [0.1, 0.15) is 12.2 Å². The van der Waals surface area contributed by atoms with Crippen molar-refractivity contribution in [2.45, 2.75) is 56.0 Å². The summed E-state index contributed by atoms with van der Waals surface area (Å²) in [5, 5.41) is 38.9. The lowest BCUT2D eigenvalue weighted by Gasteiger charge is -2.36. The van der Waals surface area contributed by atoms with Crippen molar-refractivity contribution in [3.05, 3.63) is 70.3 Å². The van der Waals surface area contributed by atoms with Crippen LogP contribution in [-0.2, 0) is 11.2 Å². The van der Waals surface area contributed by atoms with Crippen molar-refractivity contribution in [3.63, 3.8) is 0 Å². The van der Waals surface area contributed by atoms with Crippen LogP contribution in [0.5, 0.6) is 0 Å². The molecular weight excluding hydrogens is 354 g/mol. The van der Waals surface area contributed by atoms with Crippen LogP contribution in [0, 0.1) is 11.3 Å². The summed E-state index contributed by atoms with van der Waals surface area (Å²) >= 11 is 0. The summed E-state index contributed by atoms with van der Waals surface area (Å²) in [6, 6.07) is 16.4. The molecule has 1 saturated carbocycles. The third-order valence-corrected chi connectivity index (χ3v) is 5.79. The predicted molar refractivity (Wildman–Crippen MR) is 104 cm³/mol. The highest BCUT2D eigenvalue weighted by atomic mass is 16.5. The van der Waals surface area contributed by atoms with E-state index in [2.05, 4.69) is 30.3 Å². The quantitative estimate of drug-likeness (QED) is 0.742. The zero-order chi connectivity index (χ0) is 19.7. The lowest BCUT2D eigenvalue weighted by atomic mass is 9.91. The molecule has 2 aromatic rings. The Morgan fingerprint density at radius 2 is 1.75 bits per heavy atom. The van der Waals surface area contributed by atoms with E-state index in [1.54, 1.807) is 6.07 Å². The molecule has 4 atom stereocenters. The summed E-state index contributed by atoms with van der Waals surface area (Å²) < 4.78 is 5.79. The summed E-state index contributed by atoms with van der Waals surface area (Å²) in [4.78, 5) is 0. The van der Waals surface area contributed by atoms with Gasteiger partial charge in [-0.3, -0.25) is 0 Å². The predicted octanol–water partition coefficient (Wildman–Crippen LogP) is 2.57. The van der Waals surface area contributed by atoms with Crippen molar-refractivity contribution in [2.24, 2.45) is 0 Å². The fraction of sp³-hybridized carbons (Fsp3) is 0.435. The molecule has 0 radical (unpaired) electrons. The molecule has 0 amide bonds. The van der Waals surface area contributed by atoms with E-state index in [-0.39, 0.29) is 13.0 Å². The number of aliphatic hydroxyl groups excluding tert-OH is 3. The zero-order valence-corrected chi connectivity index (χ0v) is 15.7. The maximum atomic E-state index is 10.1. The minimum atomic E-state index is -1.09. The van der Waals surface area contributed by atoms with E-state index in [4.69, 9.17) is 4.74 Å². The maximum absolute atomic E-state index is 10.1. The molecule has 2 aromatic carbocycles. The summed E-state index contributed by atoms with van der Waals surface area (Å²) in [7, 11) is 0. The Morgan fingerprint density at radius 3 is 2.39 bits per heavy atom. The second-order valence-corrected chi connectivity index (χ2v) is 7.86. The van der Waals surface area contributed by atoms with Gasteiger partial charge in [0.15, 0.2) is 0 Å². The van der Waals surface area contributed by atoms with E-state index in [0.29, 0.717) is 12.0 Å². The molecule has 5 nitrogen and oxygen atoms in total. The molecule has 28 heavy (non-hydrogen) atoms. The van der Waals surface area contributed by atoms with E-state index in [9.17, 15) is 20.6 Å². The van der Waals surface area contributed by atoms with E-state index >= 15 is 0 Å².